The van der Waals surface area contributed by atoms with Crippen molar-refractivity contribution in [3.63, 3.8) is 0 Å². The molecule has 2 aromatic carbocycles. The lowest BCUT2D eigenvalue weighted by atomic mass is 10.2. The normalized spacial score (nSPS) is 10.0. The minimum absolute atomic E-state index is 0.0562. The second kappa shape index (κ2) is 7.83. The Bertz CT molecular complexity index is 660. The highest BCUT2D eigenvalue weighted by Crippen LogP contribution is 2.34. The summed E-state index contributed by atoms with van der Waals surface area (Å²) < 4.78 is 8.24. The van der Waals surface area contributed by atoms with E-state index in [-0.39, 0.29) is 6.61 Å². The number of rotatable bonds is 5. The molecule has 0 saturated carbocycles. The molecule has 1 N–H and O–H groups in total. The van der Waals surface area contributed by atoms with E-state index in [0.717, 1.165) is 24.7 Å². The molecule has 0 bridgehead atoms. The average Bonchev–Trinajstić information content (AvgIpc) is 2.44. The predicted molar refractivity (Wildman–Crippen MR) is 94.4 cm³/mol. The first-order chi connectivity index (χ1) is 10.1. The van der Waals surface area contributed by atoms with Crippen LogP contribution >= 0.6 is 47.8 Å². The average molecular weight is 475 g/mol. The summed E-state index contributed by atoms with van der Waals surface area (Å²) in [7, 11) is 0. The molecule has 2 aromatic rings. The number of hydrogen-bond acceptors (Lipinski definition) is 3. The van der Waals surface area contributed by atoms with Gasteiger partial charge in [0.15, 0.2) is 6.61 Å². The van der Waals surface area contributed by atoms with Crippen LogP contribution in [0.2, 0.25) is 0 Å². The van der Waals surface area contributed by atoms with E-state index in [4.69, 9.17) is 10.00 Å². The van der Waals surface area contributed by atoms with E-state index in [2.05, 4.69) is 53.1 Å². The standard InChI is InChI=1S/C15H11Br3N2O/c16-11-7-13(17)15(14(18)8-11)20-9-10-2-1-3-12(6-10)21-5-4-19/h1-3,6-8,20H,5,9H2. The van der Waals surface area contributed by atoms with Crippen LogP contribution in [0.3, 0.4) is 0 Å². The first-order valence-corrected chi connectivity index (χ1v) is 8.45. The fourth-order valence-corrected chi connectivity index (χ4v) is 4.30. The first kappa shape index (κ1) is 16.3. The number of anilines is 1. The van der Waals surface area contributed by atoms with Crippen molar-refractivity contribution in [1.29, 1.82) is 5.26 Å². The van der Waals surface area contributed by atoms with Crippen LogP contribution in [-0.2, 0) is 6.54 Å². The highest BCUT2D eigenvalue weighted by atomic mass is 79.9. The maximum Gasteiger partial charge on any atom is 0.174 e. The van der Waals surface area contributed by atoms with E-state index in [9.17, 15) is 0 Å². The Balaban J connectivity index is 2.08. The van der Waals surface area contributed by atoms with Crippen molar-refractivity contribution >= 4 is 53.5 Å². The Hall–Kier alpha value is -1.03. The molecule has 3 nitrogen and oxygen atoms in total. The highest BCUT2D eigenvalue weighted by molar-refractivity contribution is 9.11. The van der Waals surface area contributed by atoms with E-state index in [1.54, 1.807) is 0 Å². The lowest BCUT2D eigenvalue weighted by Gasteiger charge is -2.12. The molecule has 0 aromatic heterocycles. The smallest absolute Gasteiger partial charge is 0.174 e. The second-order valence-corrected chi connectivity index (χ2v) is 6.82. The fourth-order valence-electron chi connectivity index (χ4n) is 1.76. The summed E-state index contributed by atoms with van der Waals surface area (Å²) in [6.07, 6.45) is 0. The molecule has 0 spiro atoms. The second-order valence-electron chi connectivity index (χ2n) is 4.19. The van der Waals surface area contributed by atoms with Gasteiger partial charge in [-0.3, -0.25) is 0 Å². The molecule has 0 fully saturated rings. The number of ether oxygens (including phenoxy) is 1. The zero-order chi connectivity index (χ0) is 15.2. The zero-order valence-electron chi connectivity index (χ0n) is 10.9. The molecule has 2 rings (SSSR count). The van der Waals surface area contributed by atoms with Crippen molar-refractivity contribution in [3.8, 4) is 11.8 Å². The number of nitriles is 1. The van der Waals surface area contributed by atoms with Crippen molar-refractivity contribution in [2.75, 3.05) is 11.9 Å². The lowest BCUT2D eigenvalue weighted by Crippen LogP contribution is -2.02. The van der Waals surface area contributed by atoms with Crippen LogP contribution in [0.25, 0.3) is 0 Å². The third-order valence-corrected chi connectivity index (χ3v) is 4.39. The third kappa shape index (κ3) is 4.73. The summed E-state index contributed by atoms with van der Waals surface area (Å²) in [5.74, 6) is 0.699. The minimum atomic E-state index is 0.0562. The predicted octanol–water partition coefficient (Wildman–Crippen LogP) is 5.49. The van der Waals surface area contributed by atoms with Gasteiger partial charge in [0.05, 0.1) is 5.69 Å². The summed E-state index contributed by atoms with van der Waals surface area (Å²) in [6, 6.07) is 13.6. The van der Waals surface area contributed by atoms with Gasteiger partial charge in [0.25, 0.3) is 0 Å². The van der Waals surface area contributed by atoms with Crippen molar-refractivity contribution in [2.24, 2.45) is 0 Å². The van der Waals surface area contributed by atoms with Gasteiger partial charge in [0.1, 0.15) is 11.8 Å². The van der Waals surface area contributed by atoms with Crippen LogP contribution in [0.1, 0.15) is 5.56 Å². The van der Waals surface area contributed by atoms with Crippen LogP contribution in [0, 0.1) is 11.3 Å². The molecule has 0 heterocycles. The van der Waals surface area contributed by atoms with Gasteiger partial charge < -0.3 is 10.1 Å². The fraction of sp³-hybridized carbons (Fsp3) is 0.133. The molecule has 6 heteroatoms. The number of nitrogens with zero attached hydrogens (tertiary/aromatic N) is 1. The molecule has 0 aliphatic carbocycles. The number of halogens is 3. The topological polar surface area (TPSA) is 45.0 Å². The highest BCUT2D eigenvalue weighted by Gasteiger charge is 2.06. The third-order valence-electron chi connectivity index (χ3n) is 2.68. The molecular formula is C15H11Br3N2O. The van der Waals surface area contributed by atoms with Crippen molar-refractivity contribution in [1.82, 2.24) is 0 Å². The Labute approximate surface area is 148 Å². The van der Waals surface area contributed by atoms with E-state index in [0.29, 0.717) is 12.3 Å². The van der Waals surface area contributed by atoms with Gasteiger partial charge in [-0.1, -0.05) is 28.1 Å². The lowest BCUT2D eigenvalue weighted by molar-refractivity contribution is 0.368. The van der Waals surface area contributed by atoms with E-state index in [1.165, 1.54) is 0 Å². The summed E-state index contributed by atoms with van der Waals surface area (Å²) in [5, 5.41) is 11.9. The van der Waals surface area contributed by atoms with E-state index >= 15 is 0 Å². The van der Waals surface area contributed by atoms with Crippen LogP contribution in [-0.4, -0.2) is 6.61 Å². The van der Waals surface area contributed by atoms with Crippen molar-refractivity contribution in [3.05, 3.63) is 55.4 Å². The zero-order valence-corrected chi connectivity index (χ0v) is 15.6. The molecule has 0 radical (unpaired) electrons. The maximum absolute atomic E-state index is 8.53. The molecule has 0 amide bonds. The van der Waals surface area contributed by atoms with Gasteiger partial charge in [-0.2, -0.15) is 5.26 Å². The summed E-state index contributed by atoms with van der Waals surface area (Å²) >= 11 is 10.5. The van der Waals surface area contributed by atoms with Gasteiger partial charge in [-0.15, -0.1) is 0 Å². The van der Waals surface area contributed by atoms with Crippen LogP contribution in [0.4, 0.5) is 5.69 Å². The van der Waals surface area contributed by atoms with Crippen LogP contribution in [0.15, 0.2) is 49.8 Å². The van der Waals surface area contributed by atoms with E-state index in [1.807, 2.05) is 42.5 Å². The molecule has 21 heavy (non-hydrogen) atoms. The quantitative estimate of drug-likeness (QED) is 0.623. The Morgan fingerprint density at radius 2 is 1.81 bits per heavy atom. The van der Waals surface area contributed by atoms with Gasteiger partial charge >= 0.3 is 0 Å². The van der Waals surface area contributed by atoms with Gasteiger partial charge in [-0.25, -0.2) is 0 Å². The van der Waals surface area contributed by atoms with Crippen LogP contribution < -0.4 is 10.1 Å². The minimum Gasteiger partial charge on any atom is -0.479 e. The van der Waals surface area contributed by atoms with Crippen LogP contribution in [0.5, 0.6) is 5.75 Å². The number of benzene rings is 2. The molecule has 0 unspecified atom stereocenters. The monoisotopic (exact) mass is 472 g/mol. The molecule has 0 atom stereocenters. The van der Waals surface area contributed by atoms with Crippen molar-refractivity contribution < 1.29 is 4.74 Å². The molecule has 0 aliphatic heterocycles. The van der Waals surface area contributed by atoms with Gasteiger partial charge in [0.2, 0.25) is 0 Å². The van der Waals surface area contributed by atoms with Crippen molar-refractivity contribution in [2.45, 2.75) is 6.54 Å². The Morgan fingerprint density at radius 1 is 1.10 bits per heavy atom. The largest absolute Gasteiger partial charge is 0.479 e. The Kier molecular flexibility index (Phi) is 6.09. The number of hydrogen-bond donors (Lipinski definition) is 1. The number of nitrogens with one attached hydrogen (secondary N) is 1. The van der Waals surface area contributed by atoms with Gasteiger partial charge in [-0.05, 0) is 61.7 Å². The summed E-state index contributed by atoms with van der Waals surface area (Å²) in [5.41, 5.74) is 2.06. The van der Waals surface area contributed by atoms with E-state index < -0.39 is 0 Å². The summed E-state index contributed by atoms with van der Waals surface area (Å²) in [4.78, 5) is 0. The Morgan fingerprint density at radius 3 is 2.48 bits per heavy atom. The maximum atomic E-state index is 8.53. The molecule has 0 saturated heterocycles. The first-order valence-electron chi connectivity index (χ1n) is 6.07. The molecule has 0 aliphatic rings. The van der Waals surface area contributed by atoms with Gasteiger partial charge in [0, 0.05) is 20.0 Å². The SMILES string of the molecule is N#CCOc1cccc(CNc2c(Br)cc(Br)cc2Br)c1. The molecule has 108 valence electrons. The molecular weight excluding hydrogens is 464 g/mol. The summed E-state index contributed by atoms with van der Waals surface area (Å²) in [6.45, 7) is 0.712.